The lowest BCUT2D eigenvalue weighted by Crippen LogP contribution is -2.39. The molecule has 2 aromatic rings. The molecular formula is C23H35N5O2. The second-order valence-corrected chi connectivity index (χ2v) is 7.70. The molecule has 0 unspecified atom stereocenters. The van der Waals surface area contributed by atoms with E-state index in [0.717, 1.165) is 63.1 Å². The number of methoxy groups -OCH3 is 2. The standard InChI is InChI=1S/C23H35N5O2/c1-6-24-23(27(3)17-20-8-7-11-26(20)2)25-10-13-28-12-9-18-14-21(29-4)22(30-5)15-19(18)16-28/h7-8,11,14-15H,6,9-10,12-13,16-17H2,1-5H3,(H,24,25). The van der Waals surface area contributed by atoms with Gasteiger partial charge in [-0.05, 0) is 48.7 Å². The maximum atomic E-state index is 5.47. The Morgan fingerprint density at radius 2 is 1.93 bits per heavy atom. The Labute approximate surface area is 180 Å². The molecule has 2 heterocycles. The van der Waals surface area contributed by atoms with Crippen molar-refractivity contribution in [2.45, 2.75) is 26.4 Å². The highest BCUT2D eigenvalue weighted by atomic mass is 16.5. The number of benzene rings is 1. The fourth-order valence-corrected chi connectivity index (χ4v) is 3.88. The van der Waals surface area contributed by atoms with E-state index in [0.29, 0.717) is 0 Å². The first kappa shape index (κ1) is 22.0. The van der Waals surface area contributed by atoms with Crippen molar-refractivity contribution in [3.8, 4) is 11.5 Å². The highest BCUT2D eigenvalue weighted by molar-refractivity contribution is 5.79. The normalized spacial score (nSPS) is 14.4. The van der Waals surface area contributed by atoms with Gasteiger partial charge in [-0.3, -0.25) is 9.89 Å². The van der Waals surface area contributed by atoms with Crippen molar-refractivity contribution in [3.05, 3.63) is 47.3 Å². The van der Waals surface area contributed by atoms with Crippen LogP contribution in [0.3, 0.4) is 0 Å². The molecule has 0 saturated heterocycles. The first-order chi connectivity index (χ1) is 14.5. The van der Waals surface area contributed by atoms with Crippen LogP contribution in [0.15, 0.2) is 35.5 Å². The third-order valence-corrected chi connectivity index (χ3v) is 5.62. The van der Waals surface area contributed by atoms with E-state index in [1.165, 1.54) is 16.8 Å². The summed E-state index contributed by atoms with van der Waals surface area (Å²) in [4.78, 5) is 9.51. The average molecular weight is 414 g/mol. The summed E-state index contributed by atoms with van der Waals surface area (Å²) in [5.41, 5.74) is 3.93. The molecule has 1 aromatic carbocycles. The number of aryl methyl sites for hydroxylation is 1. The Morgan fingerprint density at radius 1 is 1.20 bits per heavy atom. The zero-order chi connectivity index (χ0) is 21.5. The fraction of sp³-hybridized carbons (Fsp3) is 0.522. The van der Waals surface area contributed by atoms with E-state index in [9.17, 15) is 0 Å². The predicted octanol–water partition coefficient (Wildman–Crippen LogP) is 2.50. The summed E-state index contributed by atoms with van der Waals surface area (Å²) < 4.78 is 13.1. The first-order valence-corrected chi connectivity index (χ1v) is 10.6. The van der Waals surface area contributed by atoms with Crippen molar-refractivity contribution in [1.29, 1.82) is 0 Å². The van der Waals surface area contributed by atoms with Crippen molar-refractivity contribution in [1.82, 2.24) is 19.7 Å². The van der Waals surface area contributed by atoms with Crippen molar-refractivity contribution >= 4 is 5.96 Å². The Morgan fingerprint density at radius 3 is 2.57 bits per heavy atom. The summed E-state index contributed by atoms with van der Waals surface area (Å²) in [5.74, 6) is 2.56. The van der Waals surface area contributed by atoms with E-state index in [1.807, 2.05) is 0 Å². The molecule has 7 heteroatoms. The van der Waals surface area contributed by atoms with Gasteiger partial charge in [-0.2, -0.15) is 0 Å². The van der Waals surface area contributed by atoms with Gasteiger partial charge in [0, 0.05) is 52.2 Å². The molecule has 0 aliphatic carbocycles. The van der Waals surface area contributed by atoms with Crippen LogP contribution in [0.1, 0.15) is 23.7 Å². The van der Waals surface area contributed by atoms with Gasteiger partial charge in [0.05, 0.1) is 27.3 Å². The van der Waals surface area contributed by atoms with Crippen LogP contribution in [0.25, 0.3) is 0 Å². The predicted molar refractivity (Wildman–Crippen MR) is 121 cm³/mol. The summed E-state index contributed by atoms with van der Waals surface area (Å²) in [6, 6.07) is 8.45. The van der Waals surface area contributed by atoms with Crippen molar-refractivity contribution in [2.75, 3.05) is 47.4 Å². The maximum absolute atomic E-state index is 5.47. The van der Waals surface area contributed by atoms with Gasteiger partial charge < -0.3 is 24.3 Å². The Kier molecular flexibility index (Phi) is 7.63. The van der Waals surface area contributed by atoms with Crippen molar-refractivity contribution in [2.24, 2.45) is 12.0 Å². The summed E-state index contributed by atoms with van der Waals surface area (Å²) >= 11 is 0. The van der Waals surface area contributed by atoms with E-state index < -0.39 is 0 Å². The second-order valence-electron chi connectivity index (χ2n) is 7.70. The molecule has 3 rings (SSSR count). The SMILES string of the molecule is CCNC(=NCCN1CCc2cc(OC)c(OC)cc2C1)N(C)Cc1cccn1C. The number of aliphatic imine (C=N–C) groups is 1. The van der Waals surface area contributed by atoms with Crippen molar-refractivity contribution in [3.63, 3.8) is 0 Å². The zero-order valence-corrected chi connectivity index (χ0v) is 18.9. The van der Waals surface area contributed by atoms with Crippen molar-refractivity contribution < 1.29 is 9.47 Å². The molecule has 0 bridgehead atoms. The molecule has 0 atom stereocenters. The Balaban J connectivity index is 1.60. The van der Waals surface area contributed by atoms with Gasteiger partial charge in [0.1, 0.15) is 0 Å². The molecule has 1 aromatic heterocycles. The van der Waals surface area contributed by atoms with E-state index in [-0.39, 0.29) is 0 Å². The molecule has 0 spiro atoms. The summed E-state index contributed by atoms with van der Waals surface area (Å²) in [6.07, 6.45) is 3.10. The molecule has 0 saturated carbocycles. The lowest BCUT2D eigenvalue weighted by atomic mass is 9.99. The first-order valence-electron chi connectivity index (χ1n) is 10.6. The minimum Gasteiger partial charge on any atom is -0.493 e. The molecular weight excluding hydrogens is 378 g/mol. The Hall–Kier alpha value is -2.67. The quantitative estimate of drug-likeness (QED) is 0.532. The van der Waals surface area contributed by atoms with Gasteiger partial charge in [-0.15, -0.1) is 0 Å². The molecule has 30 heavy (non-hydrogen) atoms. The minimum absolute atomic E-state index is 0.766. The lowest BCUT2D eigenvalue weighted by Gasteiger charge is -2.29. The van der Waals surface area contributed by atoms with Crippen LogP contribution < -0.4 is 14.8 Å². The van der Waals surface area contributed by atoms with Crippen LogP contribution in [0, 0.1) is 0 Å². The van der Waals surface area contributed by atoms with Crippen LogP contribution >= 0.6 is 0 Å². The molecule has 7 nitrogen and oxygen atoms in total. The summed E-state index contributed by atoms with van der Waals surface area (Å²) in [5, 5.41) is 3.41. The van der Waals surface area contributed by atoms with E-state index in [2.05, 4.69) is 71.2 Å². The number of aromatic nitrogens is 1. The van der Waals surface area contributed by atoms with Crippen LogP contribution in [0.5, 0.6) is 11.5 Å². The third-order valence-electron chi connectivity index (χ3n) is 5.62. The van der Waals surface area contributed by atoms with E-state index in [4.69, 9.17) is 14.5 Å². The van der Waals surface area contributed by atoms with Gasteiger partial charge in [-0.25, -0.2) is 0 Å². The van der Waals surface area contributed by atoms with E-state index >= 15 is 0 Å². The van der Waals surface area contributed by atoms with Crippen LogP contribution in [0.4, 0.5) is 0 Å². The molecule has 1 N–H and O–H groups in total. The Bertz CT molecular complexity index is 861. The lowest BCUT2D eigenvalue weighted by molar-refractivity contribution is 0.259. The monoisotopic (exact) mass is 413 g/mol. The highest BCUT2D eigenvalue weighted by Gasteiger charge is 2.19. The topological polar surface area (TPSA) is 54.3 Å². The largest absolute Gasteiger partial charge is 0.493 e. The number of hydrogen-bond acceptors (Lipinski definition) is 4. The van der Waals surface area contributed by atoms with Gasteiger partial charge in [-0.1, -0.05) is 0 Å². The summed E-state index contributed by atoms with van der Waals surface area (Å²) in [6.45, 7) is 7.44. The number of ether oxygens (including phenoxy) is 2. The van der Waals surface area contributed by atoms with Gasteiger partial charge in [0.15, 0.2) is 17.5 Å². The smallest absolute Gasteiger partial charge is 0.194 e. The molecule has 0 fully saturated rings. The fourth-order valence-electron chi connectivity index (χ4n) is 3.88. The van der Waals surface area contributed by atoms with Crippen LogP contribution in [0.2, 0.25) is 0 Å². The number of nitrogens with one attached hydrogen (secondary N) is 1. The number of nitrogens with zero attached hydrogens (tertiary/aromatic N) is 4. The van der Waals surface area contributed by atoms with Gasteiger partial charge in [0.2, 0.25) is 0 Å². The second kappa shape index (κ2) is 10.4. The van der Waals surface area contributed by atoms with Gasteiger partial charge in [0.25, 0.3) is 0 Å². The van der Waals surface area contributed by atoms with Crippen LogP contribution in [-0.2, 0) is 26.6 Å². The summed E-state index contributed by atoms with van der Waals surface area (Å²) in [7, 11) is 7.54. The zero-order valence-electron chi connectivity index (χ0n) is 18.9. The molecule has 164 valence electrons. The third kappa shape index (κ3) is 5.27. The molecule has 0 amide bonds. The number of guanidine groups is 1. The minimum atomic E-state index is 0.766. The number of hydrogen-bond donors (Lipinski definition) is 1. The van der Waals surface area contributed by atoms with Gasteiger partial charge >= 0.3 is 0 Å². The molecule has 1 aliphatic rings. The highest BCUT2D eigenvalue weighted by Crippen LogP contribution is 2.33. The molecule has 1 aliphatic heterocycles. The number of rotatable bonds is 8. The van der Waals surface area contributed by atoms with Crippen LogP contribution in [-0.4, -0.2) is 67.8 Å². The average Bonchev–Trinajstić information content (AvgIpc) is 3.16. The molecule has 0 radical (unpaired) electrons. The maximum Gasteiger partial charge on any atom is 0.194 e. The number of fused-ring (bicyclic) bond motifs is 1. The van der Waals surface area contributed by atoms with E-state index in [1.54, 1.807) is 14.2 Å².